The van der Waals surface area contributed by atoms with E-state index in [9.17, 15) is 4.79 Å². The molecule has 20 heavy (non-hydrogen) atoms. The number of nitrogen functional groups attached to an aromatic ring is 1. The molecule has 1 aromatic carbocycles. The Labute approximate surface area is 118 Å². The van der Waals surface area contributed by atoms with Gasteiger partial charge in [0.05, 0.1) is 19.2 Å². The van der Waals surface area contributed by atoms with Gasteiger partial charge in [0.15, 0.2) is 5.78 Å². The predicted molar refractivity (Wildman–Crippen MR) is 78.1 cm³/mol. The number of carbonyl (C=O) groups is 1. The van der Waals surface area contributed by atoms with Gasteiger partial charge in [-0.3, -0.25) is 9.48 Å². The minimum atomic E-state index is -0.0424. The topological polar surface area (TPSA) is 70.1 Å². The van der Waals surface area contributed by atoms with Gasteiger partial charge in [-0.2, -0.15) is 5.10 Å². The van der Waals surface area contributed by atoms with Gasteiger partial charge in [0, 0.05) is 29.6 Å². The third-order valence-electron chi connectivity index (χ3n) is 3.09. The second-order valence-corrected chi connectivity index (χ2v) is 4.93. The summed E-state index contributed by atoms with van der Waals surface area (Å²) in [6.07, 6.45) is 2.13. The van der Waals surface area contributed by atoms with Crippen LogP contribution >= 0.6 is 0 Å². The number of rotatable bonds is 5. The van der Waals surface area contributed by atoms with Crippen LogP contribution < -0.4 is 10.5 Å². The number of nitrogens with two attached hydrogens (primary N) is 1. The maximum absolute atomic E-state index is 12.2. The molecule has 0 aliphatic rings. The van der Waals surface area contributed by atoms with Crippen LogP contribution in [0.25, 0.3) is 0 Å². The van der Waals surface area contributed by atoms with E-state index in [1.165, 1.54) is 0 Å². The van der Waals surface area contributed by atoms with Crippen LogP contribution in [0.15, 0.2) is 30.5 Å². The fraction of sp³-hybridized carbons (Fsp3) is 0.333. The minimum Gasteiger partial charge on any atom is -0.497 e. The first-order valence-electron chi connectivity index (χ1n) is 6.52. The molecular formula is C15H19N3O2. The number of anilines is 1. The first-order valence-corrected chi connectivity index (χ1v) is 6.52. The van der Waals surface area contributed by atoms with E-state index in [0.29, 0.717) is 17.0 Å². The SMILES string of the molecule is COc1ccc(C(=O)Cc2ccn(C(C)C)n2)c(N)c1. The summed E-state index contributed by atoms with van der Waals surface area (Å²) >= 11 is 0. The van der Waals surface area contributed by atoms with E-state index in [2.05, 4.69) is 5.10 Å². The molecule has 2 aromatic rings. The van der Waals surface area contributed by atoms with E-state index >= 15 is 0 Å². The standard InChI is InChI=1S/C15H19N3O2/c1-10(2)18-7-6-11(17-18)8-15(19)13-5-4-12(20-3)9-14(13)16/h4-7,9-10H,8,16H2,1-3H3. The molecule has 2 N–H and O–H groups in total. The molecular weight excluding hydrogens is 254 g/mol. The Balaban J connectivity index is 2.15. The maximum atomic E-state index is 12.2. The number of ketones is 1. The molecule has 0 aliphatic carbocycles. The van der Waals surface area contributed by atoms with Gasteiger partial charge in [-0.25, -0.2) is 0 Å². The monoisotopic (exact) mass is 273 g/mol. The van der Waals surface area contributed by atoms with Crippen molar-refractivity contribution in [1.82, 2.24) is 9.78 Å². The average Bonchev–Trinajstić information content (AvgIpc) is 2.87. The normalized spacial score (nSPS) is 10.8. The third-order valence-corrected chi connectivity index (χ3v) is 3.09. The van der Waals surface area contributed by atoms with Crippen molar-refractivity contribution in [3.63, 3.8) is 0 Å². The summed E-state index contributed by atoms with van der Waals surface area (Å²) in [5.74, 6) is 0.599. The Morgan fingerprint density at radius 2 is 2.15 bits per heavy atom. The first-order chi connectivity index (χ1) is 9.51. The van der Waals surface area contributed by atoms with E-state index < -0.39 is 0 Å². The molecule has 0 saturated heterocycles. The number of benzene rings is 1. The highest BCUT2D eigenvalue weighted by atomic mass is 16.5. The number of nitrogens with zero attached hydrogens (tertiary/aromatic N) is 2. The second-order valence-electron chi connectivity index (χ2n) is 4.93. The molecule has 0 saturated carbocycles. The summed E-state index contributed by atoms with van der Waals surface area (Å²) < 4.78 is 6.90. The van der Waals surface area contributed by atoms with Crippen LogP contribution in [0.4, 0.5) is 5.69 Å². The van der Waals surface area contributed by atoms with Gasteiger partial charge in [-0.15, -0.1) is 0 Å². The van der Waals surface area contributed by atoms with Crippen LogP contribution in [-0.2, 0) is 6.42 Å². The Morgan fingerprint density at radius 1 is 1.40 bits per heavy atom. The Hall–Kier alpha value is -2.30. The van der Waals surface area contributed by atoms with Crippen LogP contribution in [0, 0.1) is 0 Å². The summed E-state index contributed by atoms with van der Waals surface area (Å²) in [4.78, 5) is 12.2. The van der Waals surface area contributed by atoms with Gasteiger partial charge >= 0.3 is 0 Å². The summed E-state index contributed by atoms with van der Waals surface area (Å²) in [5.41, 5.74) is 7.56. The summed E-state index contributed by atoms with van der Waals surface area (Å²) in [7, 11) is 1.56. The van der Waals surface area contributed by atoms with Gasteiger partial charge in [0.1, 0.15) is 5.75 Å². The lowest BCUT2D eigenvalue weighted by Gasteiger charge is -2.07. The van der Waals surface area contributed by atoms with Crippen molar-refractivity contribution >= 4 is 11.5 Å². The molecule has 0 fully saturated rings. The molecule has 0 bridgehead atoms. The van der Waals surface area contributed by atoms with Gasteiger partial charge in [-0.05, 0) is 32.0 Å². The zero-order valence-electron chi connectivity index (χ0n) is 12.0. The Morgan fingerprint density at radius 3 is 2.70 bits per heavy atom. The number of Topliss-reactive ketones (excluding diaryl/α,β-unsaturated/α-hetero) is 1. The third kappa shape index (κ3) is 2.99. The van der Waals surface area contributed by atoms with E-state index in [-0.39, 0.29) is 18.2 Å². The Bertz CT molecular complexity index is 617. The van der Waals surface area contributed by atoms with Crippen molar-refractivity contribution in [2.75, 3.05) is 12.8 Å². The molecule has 5 nitrogen and oxygen atoms in total. The van der Waals surface area contributed by atoms with Gasteiger partial charge in [0.25, 0.3) is 0 Å². The van der Waals surface area contributed by atoms with Crippen LogP contribution in [0.1, 0.15) is 35.9 Å². The number of carbonyl (C=O) groups excluding carboxylic acids is 1. The summed E-state index contributed by atoms with van der Waals surface area (Å²) in [6.45, 7) is 4.08. The zero-order valence-corrected chi connectivity index (χ0v) is 12.0. The maximum Gasteiger partial charge on any atom is 0.170 e. The van der Waals surface area contributed by atoms with Gasteiger partial charge < -0.3 is 10.5 Å². The molecule has 2 rings (SSSR count). The van der Waals surface area contributed by atoms with Crippen LogP contribution in [0.3, 0.4) is 0 Å². The molecule has 0 atom stereocenters. The van der Waals surface area contributed by atoms with Crippen molar-refractivity contribution in [2.24, 2.45) is 0 Å². The average molecular weight is 273 g/mol. The highest BCUT2D eigenvalue weighted by molar-refractivity contribution is 6.01. The molecule has 5 heteroatoms. The Kier molecular flexibility index (Phi) is 4.08. The van der Waals surface area contributed by atoms with Crippen molar-refractivity contribution < 1.29 is 9.53 Å². The minimum absolute atomic E-state index is 0.0424. The van der Waals surface area contributed by atoms with Crippen LogP contribution in [0.5, 0.6) is 5.75 Å². The number of hydrogen-bond acceptors (Lipinski definition) is 4. The molecule has 0 spiro atoms. The molecule has 1 heterocycles. The number of hydrogen-bond donors (Lipinski definition) is 1. The van der Waals surface area contributed by atoms with Gasteiger partial charge in [0.2, 0.25) is 0 Å². The zero-order chi connectivity index (χ0) is 14.7. The van der Waals surface area contributed by atoms with Gasteiger partial charge in [-0.1, -0.05) is 0 Å². The quantitative estimate of drug-likeness (QED) is 0.671. The highest BCUT2D eigenvalue weighted by Crippen LogP contribution is 2.21. The smallest absolute Gasteiger partial charge is 0.170 e. The molecule has 0 aliphatic heterocycles. The molecule has 1 aromatic heterocycles. The summed E-state index contributed by atoms with van der Waals surface area (Å²) in [6, 6.07) is 7.22. The van der Waals surface area contributed by atoms with Crippen LogP contribution in [0.2, 0.25) is 0 Å². The van der Waals surface area contributed by atoms with E-state index in [0.717, 1.165) is 5.69 Å². The van der Waals surface area contributed by atoms with Crippen molar-refractivity contribution in [2.45, 2.75) is 26.3 Å². The van der Waals surface area contributed by atoms with E-state index in [1.807, 2.05) is 30.8 Å². The molecule has 0 amide bonds. The molecule has 0 unspecified atom stereocenters. The summed E-state index contributed by atoms with van der Waals surface area (Å²) in [5, 5.41) is 4.37. The number of ether oxygens (including phenoxy) is 1. The predicted octanol–water partition coefficient (Wildman–Crippen LogP) is 2.48. The lowest BCUT2D eigenvalue weighted by molar-refractivity contribution is 0.0992. The second kappa shape index (κ2) is 5.77. The fourth-order valence-corrected chi connectivity index (χ4v) is 1.94. The van der Waals surface area contributed by atoms with Crippen molar-refractivity contribution in [3.05, 3.63) is 41.7 Å². The molecule has 0 radical (unpaired) electrons. The van der Waals surface area contributed by atoms with E-state index in [1.54, 1.807) is 25.3 Å². The number of aromatic nitrogens is 2. The van der Waals surface area contributed by atoms with E-state index in [4.69, 9.17) is 10.5 Å². The first kappa shape index (κ1) is 14.1. The van der Waals surface area contributed by atoms with Crippen LogP contribution in [-0.4, -0.2) is 22.7 Å². The lowest BCUT2D eigenvalue weighted by Crippen LogP contribution is -2.09. The molecule has 106 valence electrons. The highest BCUT2D eigenvalue weighted by Gasteiger charge is 2.13. The lowest BCUT2D eigenvalue weighted by atomic mass is 10.0. The number of methoxy groups -OCH3 is 1. The largest absolute Gasteiger partial charge is 0.497 e. The fourth-order valence-electron chi connectivity index (χ4n) is 1.94. The van der Waals surface area contributed by atoms with Crippen molar-refractivity contribution in [3.8, 4) is 5.75 Å². The van der Waals surface area contributed by atoms with Crippen molar-refractivity contribution in [1.29, 1.82) is 0 Å².